The van der Waals surface area contributed by atoms with E-state index in [1.54, 1.807) is 4.72 Å². The summed E-state index contributed by atoms with van der Waals surface area (Å²) >= 11 is 5.70. The number of carbonyl (C=O) groups excluding carboxylic acids is 1. The summed E-state index contributed by atoms with van der Waals surface area (Å²) in [5, 5.41) is 4.63. The summed E-state index contributed by atoms with van der Waals surface area (Å²) in [7, 11) is -9.11. The van der Waals surface area contributed by atoms with Crippen molar-refractivity contribution in [3.8, 4) is 5.75 Å². The molecule has 3 N–H and O–H groups in total. The summed E-state index contributed by atoms with van der Waals surface area (Å²) in [5.41, 5.74) is -0.418. The zero-order chi connectivity index (χ0) is 22.7. The highest BCUT2D eigenvalue weighted by atomic mass is 35.5. The number of ether oxygens (including phenoxy) is 1. The van der Waals surface area contributed by atoms with Gasteiger partial charge in [0, 0.05) is 6.20 Å². The van der Waals surface area contributed by atoms with Gasteiger partial charge < -0.3 is 4.74 Å². The predicted octanol–water partition coefficient (Wildman–Crippen LogP) is 1.83. The van der Waals surface area contributed by atoms with E-state index in [9.17, 15) is 34.8 Å². The highest BCUT2D eigenvalue weighted by Gasteiger charge is 2.28. The molecule has 0 unspecified atom stereocenters. The van der Waals surface area contributed by atoms with Gasteiger partial charge >= 0.3 is 6.18 Å². The number of amides is 1. The van der Waals surface area contributed by atoms with Crippen LogP contribution in [0, 0.1) is 0 Å². The van der Waals surface area contributed by atoms with Gasteiger partial charge in [0.05, 0.1) is 18.6 Å². The van der Waals surface area contributed by atoms with Crippen molar-refractivity contribution in [3.05, 3.63) is 47.2 Å². The second-order valence-electron chi connectivity index (χ2n) is 5.65. The van der Waals surface area contributed by atoms with E-state index in [0.29, 0.717) is 0 Å². The van der Waals surface area contributed by atoms with Crippen LogP contribution in [0.5, 0.6) is 5.75 Å². The summed E-state index contributed by atoms with van der Waals surface area (Å²) in [4.78, 5) is 14.4. The number of pyridine rings is 1. The van der Waals surface area contributed by atoms with Crippen molar-refractivity contribution in [3.63, 3.8) is 0 Å². The second kappa shape index (κ2) is 8.75. The second-order valence-corrected chi connectivity index (χ2v) is 9.19. The zero-order valence-corrected chi connectivity index (χ0v) is 17.1. The van der Waals surface area contributed by atoms with Crippen molar-refractivity contribution in [2.75, 3.05) is 6.61 Å². The smallest absolute Gasteiger partial charge is 0.392 e. The lowest BCUT2D eigenvalue weighted by Crippen LogP contribution is -2.32. The van der Waals surface area contributed by atoms with Crippen LogP contribution >= 0.6 is 11.6 Å². The fourth-order valence-electron chi connectivity index (χ4n) is 2.07. The third-order valence-electron chi connectivity index (χ3n) is 3.38. The summed E-state index contributed by atoms with van der Waals surface area (Å²) in [6, 6.07) is 5.19. The average Bonchev–Trinajstić information content (AvgIpc) is 2.61. The first kappa shape index (κ1) is 23.9. The number of carbonyl (C=O) groups is 1. The maximum Gasteiger partial charge on any atom is 0.392 e. The van der Waals surface area contributed by atoms with Crippen LogP contribution in [0.2, 0.25) is 5.15 Å². The van der Waals surface area contributed by atoms with Crippen molar-refractivity contribution >= 4 is 37.6 Å². The van der Waals surface area contributed by atoms with Gasteiger partial charge in [0.1, 0.15) is 9.79 Å². The molecule has 2 aromatic rings. The first-order valence-electron chi connectivity index (χ1n) is 7.75. The van der Waals surface area contributed by atoms with E-state index in [0.717, 1.165) is 24.4 Å². The number of nitrogens with two attached hydrogens (primary N) is 1. The Hall–Kier alpha value is -2.42. The van der Waals surface area contributed by atoms with E-state index in [4.69, 9.17) is 21.5 Å². The van der Waals surface area contributed by atoms with E-state index in [1.165, 1.54) is 12.1 Å². The lowest BCUT2D eigenvalue weighted by molar-refractivity contribution is -0.139. The Labute approximate surface area is 174 Å². The van der Waals surface area contributed by atoms with Gasteiger partial charge in [-0.1, -0.05) is 23.7 Å². The van der Waals surface area contributed by atoms with Gasteiger partial charge in [-0.2, -0.15) is 13.2 Å². The highest BCUT2D eigenvalue weighted by molar-refractivity contribution is 7.92. The molecule has 0 aliphatic rings. The fourth-order valence-corrected chi connectivity index (χ4v) is 4.59. The van der Waals surface area contributed by atoms with Gasteiger partial charge in [-0.15, -0.1) is 0 Å². The van der Waals surface area contributed by atoms with Crippen molar-refractivity contribution in [2.45, 2.75) is 22.4 Å². The standard InChI is InChI=1S/C15H13ClF3N3O6S2/c16-13-10(28-6-5-15(17,18)19)7-9(8-21-13)14(23)22-30(26,27)12-4-2-1-3-11(12)29(20,24)25/h1-4,7-8H,5-6H2,(H,22,23)(H2,20,24,25). The highest BCUT2D eigenvalue weighted by Crippen LogP contribution is 2.26. The molecule has 30 heavy (non-hydrogen) atoms. The molecule has 0 bridgehead atoms. The third kappa shape index (κ3) is 6.29. The molecule has 1 aromatic carbocycles. The van der Waals surface area contributed by atoms with E-state index in [-0.39, 0.29) is 10.9 Å². The minimum atomic E-state index is -4.69. The first-order valence-corrected chi connectivity index (χ1v) is 11.2. The van der Waals surface area contributed by atoms with Gasteiger partial charge in [-0.05, 0) is 18.2 Å². The lowest BCUT2D eigenvalue weighted by Gasteiger charge is -2.12. The van der Waals surface area contributed by atoms with Crippen LogP contribution in [0.1, 0.15) is 16.8 Å². The van der Waals surface area contributed by atoms with Crippen LogP contribution in [0.25, 0.3) is 0 Å². The maximum atomic E-state index is 12.5. The van der Waals surface area contributed by atoms with Crippen LogP contribution in [0.15, 0.2) is 46.3 Å². The molecule has 9 nitrogen and oxygen atoms in total. The minimum Gasteiger partial charge on any atom is -0.490 e. The zero-order valence-electron chi connectivity index (χ0n) is 14.7. The summed E-state index contributed by atoms with van der Waals surface area (Å²) in [5.74, 6) is -1.64. The topological polar surface area (TPSA) is 146 Å². The molecule has 0 spiro atoms. The van der Waals surface area contributed by atoms with Crippen molar-refractivity contribution in [1.29, 1.82) is 0 Å². The van der Waals surface area contributed by atoms with Crippen LogP contribution in [-0.4, -0.2) is 40.5 Å². The molecule has 1 amide bonds. The van der Waals surface area contributed by atoms with Crippen LogP contribution < -0.4 is 14.6 Å². The number of nitrogens with one attached hydrogen (secondary N) is 1. The molecule has 164 valence electrons. The molecule has 0 aliphatic heterocycles. The van der Waals surface area contributed by atoms with Gasteiger partial charge in [0.2, 0.25) is 10.0 Å². The SMILES string of the molecule is NS(=O)(=O)c1ccccc1S(=O)(=O)NC(=O)c1cnc(Cl)c(OCCC(F)(F)F)c1. The monoisotopic (exact) mass is 487 g/mol. The van der Waals surface area contributed by atoms with Gasteiger partial charge in [-0.3, -0.25) is 4.79 Å². The van der Waals surface area contributed by atoms with Gasteiger partial charge in [0.25, 0.3) is 15.9 Å². The molecule has 0 saturated heterocycles. The van der Waals surface area contributed by atoms with Crippen molar-refractivity contribution < 1.29 is 39.5 Å². The Balaban J connectivity index is 2.27. The van der Waals surface area contributed by atoms with Crippen LogP contribution in [-0.2, 0) is 20.0 Å². The Bertz CT molecular complexity index is 1170. The first-order chi connectivity index (χ1) is 13.7. The molecule has 0 aliphatic carbocycles. The normalized spacial score (nSPS) is 12.4. The number of nitrogens with zero attached hydrogens (tertiary/aromatic N) is 1. The number of sulfonamides is 2. The van der Waals surface area contributed by atoms with E-state index < -0.39 is 60.5 Å². The van der Waals surface area contributed by atoms with Gasteiger partial charge in [0.15, 0.2) is 10.9 Å². The van der Waals surface area contributed by atoms with E-state index in [2.05, 4.69) is 4.98 Å². The Morgan fingerprint density at radius 1 is 1.17 bits per heavy atom. The predicted molar refractivity (Wildman–Crippen MR) is 97.9 cm³/mol. The number of rotatable bonds is 7. The van der Waals surface area contributed by atoms with E-state index >= 15 is 0 Å². The molecule has 0 atom stereocenters. The number of hydrogen-bond acceptors (Lipinski definition) is 7. The van der Waals surface area contributed by atoms with Crippen molar-refractivity contribution in [1.82, 2.24) is 9.71 Å². The van der Waals surface area contributed by atoms with Crippen LogP contribution in [0.3, 0.4) is 0 Å². The Morgan fingerprint density at radius 2 is 1.77 bits per heavy atom. The fraction of sp³-hybridized carbons (Fsp3) is 0.200. The minimum absolute atomic E-state index is 0.351. The molecular formula is C15H13ClF3N3O6S2. The molecule has 2 rings (SSSR count). The number of aromatic nitrogens is 1. The number of hydrogen-bond donors (Lipinski definition) is 2. The lowest BCUT2D eigenvalue weighted by atomic mass is 10.2. The largest absolute Gasteiger partial charge is 0.490 e. The number of benzene rings is 1. The molecule has 0 saturated carbocycles. The van der Waals surface area contributed by atoms with Crippen LogP contribution in [0.4, 0.5) is 13.2 Å². The third-order valence-corrected chi connectivity index (χ3v) is 6.16. The average molecular weight is 488 g/mol. The Morgan fingerprint density at radius 3 is 2.33 bits per heavy atom. The molecule has 15 heteroatoms. The van der Waals surface area contributed by atoms with E-state index in [1.807, 2.05) is 0 Å². The molecule has 1 heterocycles. The molecule has 1 aromatic heterocycles. The molecule has 0 radical (unpaired) electrons. The van der Waals surface area contributed by atoms with Crippen molar-refractivity contribution in [2.24, 2.45) is 5.14 Å². The summed E-state index contributed by atoms with van der Waals surface area (Å²) in [6.07, 6.45) is -4.92. The van der Waals surface area contributed by atoms with Gasteiger partial charge in [-0.25, -0.2) is 31.7 Å². The summed E-state index contributed by atoms with van der Waals surface area (Å²) in [6.45, 7) is -0.810. The summed E-state index contributed by atoms with van der Waals surface area (Å²) < 4.78 is 91.2. The maximum absolute atomic E-state index is 12.5. The molecular weight excluding hydrogens is 475 g/mol. The number of halogens is 4. The number of primary sulfonamides is 1. The number of alkyl halides is 3. The Kier molecular flexibility index (Phi) is 6.96. The quantitative estimate of drug-likeness (QED) is 0.566. The molecule has 0 fully saturated rings.